The van der Waals surface area contributed by atoms with Crippen molar-refractivity contribution in [1.29, 1.82) is 0 Å². The first-order valence-corrected chi connectivity index (χ1v) is 10.5. The number of fused-ring (bicyclic) bond motifs is 1. The summed E-state index contributed by atoms with van der Waals surface area (Å²) < 4.78 is 1.58. The summed E-state index contributed by atoms with van der Waals surface area (Å²) in [5, 5.41) is 1.09. The maximum Gasteiger partial charge on any atom is 0.262 e. The molecule has 0 radical (unpaired) electrons. The average molecular weight is 380 g/mol. The molecule has 0 aromatic carbocycles. The number of amides is 1. The lowest BCUT2D eigenvalue weighted by atomic mass is 10.2. The molecule has 1 unspecified atom stereocenters. The summed E-state index contributed by atoms with van der Waals surface area (Å²) in [6.07, 6.45) is 4.57. The fourth-order valence-electron chi connectivity index (χ4n) is 3.22. The van der Waals surface area contributed by atoms with Crippen LogP contribution in [0.25, 0.3) is 10.2 Å². The molecule has 25 heavy (non-hydrogen) atoms. The highest BCUT2D eigenvalue weighted by Crippen LogP contribution is 2.29. The van der Waals surface area contributed by atoms with E-state index in [9.17, 15) is 9.59 Å². The van der Waals surface area contributed by atoms with Gasteiger partial charge in [0, 0.05) is 25.0 Å². The molecule has 5 nitrogen and oxygen atoms in total. The number of carbonyl (C=O) groups is 1. The highest BCUT2D eigenvalue weighted by atomic mass is 32.2. The van der Waals surface area contributed by atoms with Crippen LogP contribution in [-0.4, -0.2) is 38.7 Å². The monoisotopic (exact) mass is 379 g/mol. The van der Waals surface area contributed by atoms with Crippen molar-refractivity contribution in [2.24, 2.45) is 7.05 Å². The van der Waals surface area contributed by atoms with Gasteiger partial charge in [0.1, 0.15) is 4.83 Å². The third-order valence-corrected chi connectivity index (χ3v) is 7.15. The van der Waals surface area contributed by atoms with Crippen molar-refractivity contribution in [2.45, 2.75) is 56.9 Å². The maximum absolute atomic E-state index is 12.8. The van der Waals surface area contributed by atoms with Gasteiger partial charge in [0.15, 0.2) is 5.16 Å². The smallest absolute Gasteiger partial charge is 0.262 e. The van der Waals surface area contributed by atoms with Crippen LogP contribution < -0.4 is 5.56 Å². The Morgan fingerprint density at radius 2 is 1.84 bits per heavy atom. The van der Waals surface area contributed by atoms with Crippen LogP contribution in [0.15, 0.2) is 9.95 Å². The van der Waals surface area contributed by atoms with Crippen molar-refractivity contribution in [2.75, 3.05) is 13.1 Å². The van der Waals surface area contributed by atoms with Gasteiger partial charge in [-0.25, -0.2) is 4.98 Å². The van der Waals surface area contributed by atoms with Crippen molar-refractivity contribution < 1.29 is 4.79 Å². The fraction of sp³-hybridized carbons (Fsp3) is 0.611. The molecule has 1 aliphatic heterocycles. The molecule has 2 aromatic heterocycles. The second kappa shape index (κ2) is 7.50. The summed E-state index contributed by atoms with van der Waals surface area (Å²) in [5.74, 6) is 0.153. The van der Waals surface area contributed by atoms with E-state index in [1.54, 1.807) is 23.0 Å². The molecule has 136 valence electrons. The van der Waals surface area contributed by atoms with Crippen LogP contribution in [0.1, 0.15) is 43.0 Å². The van der Waals surface area contributed by atoms with E-state index < -0.39 is 0 Å². The molecule has 0 saturated carbocycles. The number of nitrogens with zero attached hydrogens (tertiary/aromatic N) is 3. The van der Waals surface area contributed by atoms with E-state index >= 15 is 0 Å². The number of carbonyl (C=O) groups excluding carboxylic acids is 1. The number of hydrogen-bond acceptors (Lipinski definition) is 5. The first kappa shape index (κ1) is 18.5. The van der Waals surface area contributed by atoms with Gasteiger partial charge in [-0.05, 0) is 39.2 Å². The quantitative estimate of drug-likeness (QED) is 0.605. The Hall–Kier alpha value is -1.34. The summed E-state index contributed by atoms with van der Waals surface area (Å²) in [7, 11) is 1.74. The number of rotatable bonds is 3. The second-order valence-corrected chi connectivity index (χ2v) is 9.23. The van der Waals surface area contributed by atoms with Gasteiger partial charge >= 0.3 is 0 Å². The zero-order chi connectivity index (χ0) is 18.1. The Labute approximate surface area is 156 Å². The topological polar surface area (TPSA) is 55.2 Å². The molecule has 7 heteroatoms. The maximum atomic E-state index is 12.8. The molecule has 1 saturated heterocycles. The highest BCUT2D eigenvalue weighted by molar-refractivity contribution is 8.00. The van der Waals surface area contributed by atoms with E-state index in [0.29, 0.717) is 10.5 Å². The number of likely N-dealkylation sites (tertiary alicyclic amines) is 1. The Morgan fingerprint density at radius 1 is 1.20 bits per heavy atom. The van der Waals surface area contributed by atoms with Gasteiger partial charge in [0.25, 0.3) is 5.56 Å². The summed E-state index contributed by atoms with van der Waals surface area (Å²) in [6.45, 7) is 7.59. The predicted octanol–water partition coefficient (Wildman–Crippen LogP) is 3.50. The SMILES string of the molecule is Cc1sc2nc(SC(C)C(=O)N3CCCCCC3)n(C)c(=O)c2c1C. The molecule has 1 aliphatic rings. The van der Waals surface area contributed by atoms with E-state index in [1.807, 2.05) is 25.7 Å². The minimum Gasteiger partial charge on any atom is -0.342 e. The van der Waals surface area contributed by atoms with E-state index in [-0.39, 0.29) is 16.7 Å². The van der Waals surface area contributed by atoms with Crippen LogP contribution in [0.2, 0.25) is 0 Å². The Kier molecular flexibility index (Phi) is 5.53. The van der Waals surface area contributed by atoms with E-state index in [1.165, 1.54) is 24.6 Å². The lowest BCUT2D eigenvalue weighted by Gasteiger charge is -2.23. The summed E-state index contributed by atoms with van der Waals surface area (Å²) in [4.78, 5) is 34.0. The molecule has 3 rings (SSSR count). The molecular formula is C18H25N3O2S2. The van der Waals surface area contributed by atoms with Gasteiger partial charge in [0.2, 0.25) is 5.91 Å². The van der Waals surface area contributed by atoms with Gasteiger partial charge in [-0.15, -0.1) is 11.3 Å². The van der Waals surface area contributed by atoms with Crippen LogP contribution in [0, 0.1) is 13.8 Å². The molecular weight excluding hydrogens is 354 g/mol. The van der Waals surface area contributed by atoms with Gasteiger partial charge in [-0.3, -0.25) is 14.2 Å². The molecule has 1 fully saturated rings. The zero-order valence-electron chi connectivity index (χ0n) is 15.3. The summed E-state index contributed by atoms with van der Waals surface area (Å²) in [6, 6.07) is 0. The zero-order valence-corrected chi connectivity index (χ0v) is 16.9. The van der Waals surface area contributed by atoms with Gasteiger partial charge < -0.3 is 4.90 Å². The molecule has 0 aliphatic carbocycles. The average Bonchev–Trinajstić information content (AvgIpc) is 2.78. The predicted molar refractivity (Wildman–Crippen MR) is 105 cm³/mol. The molecule has 0 N–H and O–H groups in total. The van der Waals surface area contributed by atoms with Crippen LogP contribution in [0.4, 0.5) is 0 Å². The number of aromatic nitrogens is 2. The molecule has 1 atom stereocenters. The van der Waals surface area contributed by atoms with E-state index in [4.69, 9.17) is 0 Å². The van der Waals surface area contributed by atoms with Crippen LogP contribution >= 0.6 is 23.1 Å². The second-order valence-electron chi connectivity index (χ2n) is 6.72. The Bertz CT molecular complexity index is 848. The number of thiophene rings is 1. The third kappa shape index (κ3) is 3.62. The highest BCUT2D eigenvalue weighted by Gasteiger charge is 2.24. The van der Waals surface area contributed by atoms with Crippen LogP contribution in [0.3, 0.4) is 0 Å². The van der Waals surface area contributed by atoms with Crippen molar-refractivity contribution in [3.8, 4) is 0 Å². The Morgan fingerprint density at radius 3 is 2.48 bits per heavy atom. The summed E-state index contributed by atoms with van der Waals surface area (Å²) >= 11 is 2.94. The molecule has 0 bridgehead atoms. The number of aryl methyl sites for hydroxylation is 2. The largest absolute Gasteiger partial charge is 0.342 e. The van der Waals surface area contributed by atoms with Gasteiger partial charge in [-0.2, -0.15) is 0 Å². The minimum absolute atomic E-state index is 0.0243. The minimum atomic E-state index is -0.240. The van der Waals surface area contributed by atoms with Crippen molar-refractivity contribution in [3.63, 3.8) is 0 Å². The molecule has 2 aromatic rings. The van der Waals surface area contributed by atoms with Crippen molar-refractivity contribution >= 4 is 39.2 Å². The molecule has 0 spiro atoms. The summed E-state index contributed by atoms with van der Waals surface area (Å²) in [5.41, 5.74) is 0.988. The Balaban J connectivity index is 1.85. The number of thioether (sulfide) groups is 1. The van der Waals surface area contributed by atoms with Gasteiger partial charge in [0.05, 0.1) is 10.6 Å². The fourth-order valence-corrected chi connectivity index (χ4v) is 5.25. The van der Waals surface area contributed by atoms with Crippen LogP contribution in [-0.2, 0) is 11.8 Å². The van der Waals surface area contributed by atoms with E-state index in [2.05, 4.69) is 4.98 Å². The normalized spacial score (nSPS) is 16.9. The third-order valence-electron chi connectivity index (χ3n) is 4.92. The lowest BCUT2D eigenvalue weighted by Crippen LogP contribution is -2.37. The van der Waals surface area contributed by atoms with E-state index in [0.717, 1.165) is 41.2 Å². The first-order valence-electron chi connectivity index (χ1n) is 8.82. The van der Waals surface area contributed by atoms with Crippen LogP contribution in [0.5, 0.6) is 0 Å². The lowest BCUT2D eigenvalue weighted by molar-refractivity contribution is -0.130. The standard InChI is InChI=1S/C18H25N3O2S2/c1-11-12(2)24-15-14(11)17(23)20(4)18(19-15)25-13(3)16(22)21-9-7-5-6-8-10-21/h13H,5-10H2,1-4H3. The molecule has 1 amide bonds. The van der Waals surface area contributed by atoms with Crippen molar-refractivity contribution in [3.05, 3.63) is 20.8 Å². The molecule has 3 heterocycles. The first-order chi connectivity index (χ1) is 11.9. The van der Waals surface area contributed by atoms with Crippen molar-refractivity contribution in [1.82, 2.24) is 14.5 Å². The number of hydrogen-bond donors (Lipinski definition) is 0. The van der Waals surface area contributed by atoms with Gasteiger partial charge in [-0.1, -0.05) is 24.6 Å².